The minimum atomic E-state index is 1.64. The van der Waals surface area contributed by atoms with Gasteiger partial charge in [0.15, 0.2) is 5.10 Å². The van der Waals surface area contributed by atoms with E-state index in [2.05, 4.69) is 11.8 Å². The minimum absolute atomic E-state index is 1.64. The Balaban J connectivity index is 2.83. The monoisotopic (exact) mass is 72.1 g/mol. The van der Waals surface area contributed by atoms with Crippen LogP contribution in [0.1, 0.15) is 0 Å². The number of nitrogens with zero attached hydrogens (tertiary/aromatic N) is 2. The van der Waals surface area contributed by atoms with Crippen molar-refractivity contribution in [3.05, 3.63) is 0 Å². The molecule has 0 spiro atoms. The number of rotatable bonds is 1. The van der Waals surface area contributed by atoms with E-state index >= 15 is 0 Å². The normalized spacial score (nSPS) is 6.80. The van der Waals surface area contributed by atoms with Crippen molar-refractivity contribution >= 4 is 6.72 Å². The van der Waals surface area contributed by atoms with E-state index < -0.39 is 0 Å². The molecule has 0 amide bonds. The Hall–Kier alpha value is -0.530. The molecule has 0 rings (SSSR count). The topological polar surface area (TPSA) is 17.3 Å². The molecule has 0 aliphatic rings. The highest BCUT2D eigenvalue weighted by Gasteiger charge is 1.79. The van der Waals surface area contributed by atoms with Gasteiger partial charge in [0.25, 0.3) is 0 Å². The molecule has 0 aliphatic heterocycles. The molecule has 0 N–H and O–H groups in total. The molecule has 29 valence electrons. The van der Waals surface area contributed by atoms with Crippen LogP contribution in [-0.2, 0) is 0 Å². The lowest BCUT2D eigenvalue weighted by atomic mass is 11.2. The summed E-state index contributed by atoms with van der Waals surface area (Å²) in [5.41, 5.74) is 0. The van der Waals surface area contributed by atoms with Crippen molar-refractivity contribution in [1.82, 2.24) is 10.1 Å². The molecule has 0 aromatic heterocycles. The summed E-state index contributed by atoms with van der Waals surface area (Å²) in [5, 5.41) is 5.11. The van der Waals surface area contributed by atoms with Crippen molar-refractivity contribution in [2.75, 3.05) is 14.1 Å². The van der Waals surface area contributed by atoms with Crippen LogP contribution >= 0.6 is 0 Å². The molecule has 0 fully saturated rings. The molecule has 0 heterocycles. The highest BCUT2D eigenvalue weighted by molar-refractivity contribution is 5.19. The number of hydrogen-bond acceptors (Lipinski definition) is 2. The first-order chi connectivity index (χ1) is 2.27. The summed E-state index contributed by atoms with van der Waals surface area (Å²) in [6, 6.07) is 0. The Labute approximate surface area is 32.1 Å². The van der Waals surface area contributed by atoms with Gasteiger partial charge >= 0.3 is 0 Å². The zero-order valence-electron chi connectivity index (χ0n) is 3.60. The van der Waals surface area contributed by atoms with Gasteiger partial charge < -0.3 is 0 Å². The molecule has 0 atom stereocenters. The van der Waals surface area contributed by atoms with Crippen molar-refractivity contribution < 1.29 is 0 Å². The third kappa shape index (κ3) is 3.47. The summed E-state index contributed by atoms with van der Waals surface area (Å²) in [6.07, 6.45) is 0. The predicted molar refractivity (Wildman–Crippen MR) is 22.9 cm³/mol. The lowest BCUT2D eigenvalue weighted by molar-refractivity contribution is 0.386. The summed E-state index contributed by atoms with van der Waals surface area (Å²) in [5.74, 6) is 0. The Morgan fingerprint density at radius 2 is 1.80 bits per heavy atom. The smallest absolute Gasteiger partial charge is 0.128 e. The molecule has 0 bridgehead atoms. The maximum Gasteiger partial charge on any atom is 0.239 e. The van der Waals surface area contributed by atoms with Crippen molar-refractivity contribution in [2.24, 2.45) is 0 Å². The van der Waals surface area contributed by atoms with E-state index in [1.807, 2.05) is 14.1 Å². The Kier molecular flexibility index (Phi) is 1.57. The Morgan fingerprint density at radius 1 is 1.60 bits per heavy atom. The van der Waals surface area contributed by atoms with Gasteiger partial charge in [0.2, 0.25) is 6.72 Å². The quantitative estimate of drug-likeness (QED) is 0.301. The second-order valence-corrected chi connectivity index (χ2v) is 0.989. The van der Waals surface area contributed by atoms with E-state index in [4.69, 9.17) is 0 Å². The second kappa shape index (κ2) is 1.76. The molecule has 1 radical (unpaired) electrons. The van der Waals surface area contributed by atoms with Crippen LogP contribution in [0.3, 0.4) is 0 Å². The third-order valence-corrected chi connectivity index (χ3v) is 0.283. The first-order valence-electron chi connectivity index (χ1n) is 1.41. The van der Waals surface area contributed by atoms with Crippen LogP contribution < -0.4 is 5.10 Å². The number of hydrazone groups is 1. The molecular weight excluding hydrogens is 64.0 g/mol. The summed E-state index contributed by atoms with van der Waals surface area (Å²) in [6.45, 7) is 3.24. The average Bonchev–Trinajstić information content (AvgIpc) is 1.38. The predicted octanol–water partition coefficient (Wildman–Crippen LogP) is -0.501. The number of hydrogen-bond donors (Lipinski definition) is 0. The van der Waals surface area contributed by atoms with Crippen molar-refractivity contribution in [3.8, 4) is 0 Å². The zero-order valence-corrected chi connectivity index (χ0v) is 3.60. The second-order valence-electron chi connectivity index (χ2n) is 0.989. The molecule has 0 saturated heterocycles. The SMILES string of the molecule is C=[N+]N(C)C. The fourth-order valence-electron chi connectivity index (χ4n) is 0. The van der Waals surface area contributed by atoms with Gasteiger partial charge in [0.1, 0.15) is 0 Å². The van der Waals surface area contributed by atoms with Crippen molar-refractivity contribution in [3.63, 3.8) is 0 Å². The van der Waals surface area contributed by atoms with Crippen LogP contribution in [0.25, 0.3) is 0 Å². The molecule has 0 aliphatic carbocycles. The molecule has 5 heavy (non-hydrogen) atoms. The molecule has 0 saturated carbocycles. The Morgan fingerprint density at radius 3 is 1.80 bits per heavy atom. The standard InChI is InChI=1S/C3H8N2/c1-4-5(2)3/h1H2,2-3H3/q+1. The summed E-state index contributed by atoms with van der Waals surface area (Å²) in [7, 11) is 3.65. The van der Waals surface area contributed by atoms with E-state index in [1.54, 1.807) is 5.01 Å². The van der Waals surface area contributed by atoms with Crippen LogP contribution in [-0.4, -0.2) is 25.8 Å². The van der Waals surface area contributed by atoms with Gasteiger partial charge in [-0.1, -0.05) is 0 Å². The van der Waals surface area contributed by atoms with Gasteiger partial charge in [-0.25, -0.2) is 0 Å². The molecule has 0 unspecified atom stereocenters. The maximum atomic E-state index is 3.47. The Bertz CT molecular complexity index is 31.9. The fraction of sp³-hybridized carbons (Fsp3) is 0.667. The fourth-order valence-corrected chi connectivity index (χ4v) is 0. The van der Waals surface area contributed by atoms with Gasteiger partial charge in [0, 0.05) is 0 Å². The van der Waals surface area contributed by atoms with E-state index in [1.165, 1.54) is 0 Å². The first kappa shape index (κ1) is 4.47. The van der Waals surface area contributed by atoms with Gasteiger partial charge in [-0.15, -0.1) is 5.01 Å². The lowest BCUT2D eigenvalue weighted by Gasteiger charge is -1.79. The van der Waals surface area contributed by atoms with E-state index in [0.717, 1.165) is 0 Å². The summed E-state index contributed by atoms with van der Waals surface area (Å²) < 4.78 is 0. The molecule has 2 nitrogen and oxygen atoms in total. The van der Waals surface area contributed by atoms with Crippen molar-refractivity contribution in [2.45, 2.75) is 0 Å². The largest absolute Gasteiger partial charge is 0.239 e. The van der Waals surface area contributed by atoms with Gasteiger partial charge in [-0.3, -0.25) is 0 Å². The van der Waals surface area contributed by atoms with Gasteiger partial charge in [0.05, 0.1) is 14.1 Å². The lowest BCUT2D eigenvalue weighted by Crippen LogP contribution is -2.11. The third-order valence-electron chi connectivity index (χ3n) is 0.283. The van der Waals surface area contributed by atoms with E-state index in [-0.39, 0.29) is 0 Å². The van der Waals surface area contributed by atoms with Crippen LogP contribution in [0, 0.1) is 0 Å². The summed E-state index contributed by atoms with van der Waals surface area (Å²) >= 11 is 0. The molecule has 0 aromatic rings. The minimum Gasteiger partial charge on any atom is -0.128 e. The van der Waals surface area contributed by atoms with E-state index in [0.29, 0.717) is 0 Å². The van der Waals surface area contributed by atoms with Crippen LogP contribution in [0.5, 0.6) is 0 Å². The molecular formula is C3H8N2+. The van der Waals surface area contributed by atoms with Crippen molar-refractivity contribution in [1.29, 1.82) is 0 Å². The van der Waals surface area contributed by atoms with Gasteiger partial charge in [-0.05, 0) is 0 Å². The highest BCUT2D eigenvalue weighted by Crippen LogP contribution is 1.47. The van der Waals surface area contributed by atoms with Crippen LogP contribution in [0.2, 0.25) is 0 Å². The molecule has 0 aromatic carbocycles. The van der Waals surface area contributed by atoms with Gasteiger partial charge in [-0.2, -0.15) is 0 Å². The zero-order chi connectivity index (χ0) is 4.28. The van der Waals surface area contributed by atoms with E-state index in [9.17, 15) is 0 Å². The summed E-state index contributed by atoms with van der Waals surface area (Å²) in [4.78, 5) is 0. The first-order valence-corrected chi connectivity index (χ1v) is 1.41. The average molecular weight is 72.1 g/mol. The highest BCUT2D eigenvalue weighted by atomic mass is 15.4. The maximum absolute atomic E-state index is 3.47. The van der Waals surface area contributed by atoms with Crippen LogP contribution in [0.4, 0.5) is 0 Å². The molecule has 2 heteroatoms. The van der Waals surface area contributed by atoms with Crippen LogP contribution in [0.15, 0.2) is 0 Å².